The molecule has 3 aromatic rings. The van der Waals surface area contributed by atoms with E-state index < -0.39 is 10.0 Å². The molecule has 0 aromatic heterocycles. The van der Waals surface area contributed by atoms with Crippen molar-refractivity contribution in [2.45, 2.75) is 4.90 Å². The van der Waals surface area contributed by atoms with Gasteiger partial charge in [0.1, 0.15) is 12.4 Å². The fraction of sp³-hybridized carbons (Fsp3) is 0.208. The van der Waals surface area contributed by atoms with E-state index in [2.05, 4.69) is 4.90 Å². The number of amides is 1. The van der Waals surface area contributed by atoms with Crippen LogP contribution in [0.2, 0.25) is 5.02 Å². The number of sulfonamides is 1. The van der Waals surface area contributed by atoms with Gasteiger partial charge in [0.2, 0.25) is 5.91 Å². The van der Waals surface area contributed by atoms with Crippen molar-refractivity contribution in [1.82, 2.24) is 4.90 Å². The summed E-state index contributed by atoms with van der Waals surface area (Å²) in [6, 6.07) is 18.0. The molecule has 0 radical (unpaired) electrons. The fourth-order valence-electron chi connectivity index (χ4n) is 4.36. The lowest BCUT2D eigenvalue weighted by atomic mass is 10.0. The highest BCUT2D eigenvalue weighted by Gasteiger charge is 2.37. The normalized spacial score (nSPS) is 16.8. The van der Waals surface area contributed by atoms with Crippen LogP contribution in [-0.4, -0.2) is 51.9 Å². The molecule has 1 fully saturated rings. The first-order valence-electron chi connectivity index (χ1n) is 10.5. The average Bonchev–Trinajstić information content (AvgIpc) is 2.82. The molecule has 3 aromatic carbocycles. The maximum absolute atomic E-state index is 13.4. The number of anilines is 2. The van der Waals surface area contributed by atoms with Crippen LogP contribution < -0.4 is 9.21 Å². The van der Waals surface area contributed by atoms with Gasteiger partial charge in [-0.3, -0.25) is 9.10 Å². The molecule has 2 aliphatic heterocycles. The molecule has 170 valence electrons. The molecule has 1 saturated heterocycles. The van der Waals surface area contributed by atoms with E-state index in [1.807, 2.05) is 0 Å². The van der Waals surface area contributed by atoms with E-state index in [4.69, 9.17) is 11.6 Å². The number of fused-ring (bicyclic) bond motifs is 3. The number of piperazine rings is 1. The van der Waals surface area contributed by atoms with Crippen LogP contribution in [0.5, 0.6) is 0 Å². The molecule has 0 aliphatic carbocycles. The minimum atomic E-state index is -3.90. The van der Waals surface area contributed by atoms with E-state index in [0.717, 1.165) is 5.69 Å². The van der Waals surface area contributed by atoms with Crippen LogP contribution in [-0.2, 0) is 14.8 Å². The van der Waals surface area contributed by atoms with Gasteiger partial charge in [-0.1, -0.05) is 29.8 Å². The second kappa shape index (κ2) is 8.35. The van der Waals surface area contributed by atoms with Gasteiger partial charge in [0.25, 0.3) is 10.0 Å². The van der Waals surface area contributed by atoms with Crippen molar-refractivity contribution in [3.05, 3.63) is 77.6 Å². The molecule has 5 rings (SSSR count). The van der Waals surface area contributed by atoms with Crippen LogP contribution in [0.25, 0.3) is 11.1 Å². The lowest BCUT2D eigenvalue weighted by Crippen LogP contribution is -2.52. The molecule has 6 nitrogen and oxygen atoms in total. The molecule has 0 N–H and O–H groups in total. The van der Waals surface area contributed by atoms with Gasteiger partial charge >= 0.3 is 0 Å². The van der Waals surface area contributed by atoms with Crippen molar-refractivity contribution in [2.24, 2.45) is 0 Å². The smallest absolute Gasteiger partial charge is 0.265 e. The van der Waals surface area contributed by atoms with Crippen LogP contribution in [0.1, 0.15) is 0 Å². The van der Waals surface area contributed by atoms with Crippen LogP contribution in [0, 0.1) is 5.82 Å². The van der Waals surface area contributed by atoms with Crippen molar-refractivity contribution < 1.29 is 17.6 Å². The highest BCUT2D eigenvalue weighted by Crippen LogP contribution is 2.43. The summed E-state index contributed by atoms with van der Waals surface area (Å²) in [7, 11) is -3.90. The quantitative estimate of drug-likeness (QED) is 0.562. The first-order chi connectivity index (χ1) is 15.8. The van der Waals surface area contributed by atoms with Gasteiger partial charge in [0.05, 0.1) is 10.6 Å². The summed E-state index contributed by atoms with van der Waals surface area (Å²) >= 11 is 6.19. The first-order valence-corrected chi connectivity index (χ1v) is 12.4. The molecule has 0 atom stereocenters. The fourth-order valence-corrected chi connectivity index (χ4v) is 6.18. The number of hydrogen-bond donors (Lipinski definition) is 0. The highest BCUT2D eigenvalue weighted by atomic mass is 35.5. The van der Waals surface area contributed by atoms with E-state index in [1.165, 1.54) is 16.4 Å². The van der Waals surface area contributed by atoms with Crippen LogP contribution in [0.4, 0.5) is 15.8 Å². The van der Waals surface area contributed by atoms with Gasteiger partial charge in [0.15, 0.2) is 0 Å². The lowest BCUT2D eigenvalue weighted by molar-refractivity contribution is -0.129. The van der Waals surface area contributed by atoms with Crippen LogP contribution in [0.3, 0.4) is 0 Å². The molecule has 2 aliphatic rings. The number of nitrogens with zero attached hydrogens (tertiary/aromatic N) is 3. The average molecular weight is 486 g/mol. The first kappa shape index (κ1) is 21.7. The van der Waals surface area contributed by atoms with Crippen LogP contribution >= 0.6 is 11.6 Å². The zero-order chi connectivity index (χ0) is 23.2. The Labute approximate surface area is 196 Å². The minimum Gasteiger partial charge on any atom is -0.368 e. The third kappa shape index (κ3) is 3.94. The Morgan fingerprint density at radius 1 is 0.909 bits per heavy atom. The Kier molecular flexibility index (Phi) is 5.50. The van der Waals surface area contributed by atoms with Crippen molar-refractivity contribution >= 4 is 38.9 Å². The Bertz CT molecular complexity index is 1320. The zero-order valence-corrected chi connectivity index (χ0v) is 19.2. The minimum absolute atomic E-state index is 0.161. The predicted octanol–water partition coefficient (Wildman–Crippen LogP) is 4.00. The zero-order valence-electron chi connectivity index (χ0n) is 17.6. The number of carbonyl (C=O) groups is 1. The highest BCUT2D eigenvalue weighted by molar-refractivity contribution is 7.93. The number of halogens is 2. The SMILES string of the molecule is O=C(CN1c2ccc(Cl)cc2-c2ccccc2S1(=O)=O)N1CCN(c2ccc(F)cc2)CC1. The third-order valence-corrected chi connectivity index (χ3v) is 8.13. The number of rotatable bonds is 3. The Balaban J connectivity index is 1.37. The topological polar surface area (TPSA) is 60.9 Å². The summed E-state index contributed by atoms with van der Waals surface area (Å²) in [5.74, 6) is -0.559. The van der Waals surface area contributed by atoms with E-state index >= 15 is 0 Å². The molecule has 0 unspecified atom stereocenters. The lowest BCUT2D eigenvalue weighted by Gasteiger charge is -2.38. The summed E-state index contributed by atoms with van der Waals surface area (Å²) in [5.41, 5.74) is 2.59. The Morgan fingerprint density at radius 3 is 2.33 bits per heavy atom. The maximum Gasteiger partial charge on any atom is 0.265 e. The van der Waals surface area contributed by atoms with Crippen LogP contribution in [0.15, 0.2) is 71.6 Å². The second-order valence-corrected chi connectivity index (χ2v) is 10.3. The van der Waals surface area contributed by atoms with E-state index in [0.29, 0.717) is 48.0 Å². The number of benzene rings is 3. The molecular weight excluding hydrogens is 465 g/mol. The van der Waals surface area contributed by atoms with Gasteiger partial charge in [-0.2, -0.15) is 0 Å². The van der Waals surface area contributed by atoms with Crippen molar-refractivity contribution in [2.75, 3.05) is 41.9 Å². The predicted molar refractivity (Wildman–Crippen MR) is 127 cm³/mol. The molecule has 33 heavy (non-hydrogen) atoms. The standard InChI is InChI=1S/C24H21ClFN3O3S/c25-17-5-10-22-21(15-17)20-3-1-2-4-23(20)33(31,32)29(22)16-24(30)28-13-11-27(12-14-28)19-8-6-18(26)7-9-19/h1-10,15H,11-14,16H2. The summed E-state index contributed by atoms with van der Waals surface area (Å²) < 4.78 is 41.2. The van der Waals surface area contributed by atoms with Gasteiger partial charge < -0.3 is 9.80 Å². The van der Waals surface area contributed by atoms with Gasteiger partial charge in [-0.05, 0) is 48.5 Å². The van der Waals surface area contributed by atoms with Crippen molar-refractivity contribution in [3.8, 4) is 11.1 Å². The second-order valence-electron chi connectivity index (χ2n) is 8.01. The van der Waals surface area contributed by atoms with E-state index in [9.17, 15) is 17.6 Å². The summed E-state index contributed by atoms with van der Waals surface area (Å²) in [6.45, 7) is 1.78. The maximum atomic E-state index is 13.4. The third-order valence-electron chi connectivity index (χ3n) is 6.08. The summed E-state index contributed by atoms with van der Waals surface area (Å²) in [5, 5.41) is 0.492. The van der Waals surface area contributed by atoms with Crippen molar-refractivity contribution in [3.63, 3.8) is 0 Å². The van der Waals surface area contributed by atoms with Gasteiger partial charge in [0, 0.05) is 48.0 Å². The molecule has 9 heteroatoms. The number of hydrogen-bond acceptors (Lipinski definition) is 4. The molecule has 0 bridgehead atoms. The van der Waals surface area contributed by atoms with Gasteiger partial charge in [-0.25, -0.2) is 12.8 Å². The summed E-state index contributed by atoms with van der Waals surface area (Å²) in [4.78, 5) is 17.1. The molecular formula is C24H21ClFN3O3S. The molecule has 2 heterocycles. The largest absolute Gasteiger partial charge is 0.368 e. The molecule has 0 saturated carbocycles. The Hall–Kier alpha value is -3.10. The molecule has 0 spiro atoms. The number of carbonyl (C=O) groups excluding carboxylic acids is 1. The Morgan fingerprint density at radius 2 is 1.61 bits per heavy atom. The van der Waals surface area contributed by atoms with E-state index in [1.54, 1.807) is 59.5 Å². The monoisotopic (exact) mass is 485 g/mol. The summed E-state index contributed by atoms with van der Waals surface area (Å²) in [6.07, 6.45) is 0. The van der Waals surface area contributed by atoms with Crippen molar-refractivity contribution in [1.29, 1.82) is 0 Å². The van der Waals surface area contributed by atoms with E-state index in [-0.39, 0.29) is 23.2 Å². The van der Waals surface area contributed by atoms with Gasteiger partial charge in [-0.15, -0.1) is 0 Å². The molecule has 1 amide bonds.